The van der Waals surface area contributed by atoms with E-state index in [0.29, 0.717) is 24.2 Å². The van der Waals surface area contributed by atoms with Gasteiger partial charge in [-0.1, -0.05) is 36.4 Å². The maximum absolute atomic E-state index is 12.7. The summed E-state index contributed by atoms with van der Waals surface area (Å²) in [5.41, 5.74) is 2.89. The van der Waals surface area contributed by atoms with Gasteiger partial charge in [-0.2, -0.15) is 0 Å². The second kappa shape index (κ2) is 8.00. The van der Waals surface area contributed by atoms with Gasteiger partial charge in [0, 0.05) is 19.6 Å². The van der Waals surface area contributed by atoms with Crippen molar-refractivity contribution in [1.29, 1.82) is 0 Å². The molecule has 0 aliphatic carbocycles. The Bertz CT molecular complexity index is 1010. The zero-order valence-electron chi connectivity index (χ0n) is 15.4. The molecule has 0 bridgehead atoms. The molecule has 2 atom stereocenters. The van der Waals surface area contributed by atoms with Gasteiger partial charge in [-0.05, 0) is 29.7 Å². The first kappa shape index (κ1) is 18.5. The molecule has 3 aromatic rings. The molecule has 0 saturated carbocycles. The number of aromatic nitrogens is 1. The van der Waals surface area contributed by atoms with Crippen molar-refractivity contribution in [2.24, 2.45) is 0 Å². The van der Waals surface area contributed by atoms with E-state index in [4.69, 9.17) is 4.42 Å². The molecule has 4 rings (SSSR count). The third kappa shape index (κ3) is 4.32. The zero-order chi connectivity index (χ0) is 19.5. The van der Waals surface area contributed by atoms with Crippen LogP contribution in [0.25, 0.3) is 11.1 Å². The number of hydrogen-bond donors (Lipinski definition) is 3. The lowest BCUT2D eigenvalue weighted by atomic mass is 10.1. The monoisotopic (exact) mass is 381 g/mol. The number of H-pyrrole nitrogens is 1. The average molecular weight is 381 g/mol. The van der Waals surface area contributed by atoms with Crippen molar-refractivity contribution in [2.75, 3.05) is 19.6 Å². The highest BCUT2D eigenvalue weighted by Crippen LogP contribution is 2.19. The van der Waals surface area contributed by atoms with E-state index in [-0.39, 0.29) is 24.5 Å². The summed E-state index contributed by atoms with van der Waals surface area (Å²) >= 11 is 0. The number of aliphatic hydroxyl groups excluding tert-OH is 1. The number of likely N-dealkylation sites (tertiary alicyclic amines) is 1. The first-order valence-electron chi connectivity index (χ1n) is 9.43. The van der Waals surface area contributed by atoms with Crippen molar-refractivity contribution in [3.05, 3.63) is 70.2 Å². The Morgan fingerprint density at radius 3 is 2.86 bits per heavy atom. The number of fused-ring (bicyclic) bond motifs is 1. The Hall–Kier alpha value is -2.90. The van der Waals surface area contributed by atoms with Crippen molar-refractivity contribution < 1.29 is 14.3 Å². The zero-order valence-corrected chi connectivity index (χ0v) is 15.4. The van der Waals surface area contributed by atoms with Crippen molar-refractivity contribution in [1.82, 2.24) is 15.2 Å². The Morgan fingerprint density at radius 2 is 2.11 bits per heavy atom. The van der Waals surface area contributed by atoms with Gasteiger partial charge in [0.2, 0.25) is 5.91 Å². The largest absolute Gasteiger partial charge is 0.417 e. The van der Waals surface area contributed by atoms with E-state index in [1.807, 2.05) is 30.3 Å². The van der Waals surface area contributed by atoms with E-state index in [0.717, 1.165) is 24.1 Å². The van der Waals surface area contributed by atoms with E-state index in [1.165, 1.54) is 0 Å². The molecule has 146 valence electrons. The number of oxazole rings is 1. The molecule has 7 nitrogen and oxygen atoms in total. The minimum absolute atomic E-state index is 0.0983. The average Bonchev–Trinajstić information content (AvgIpc) is 3.25. The second-order valence-corrected chi connectivity index (χ2v) is 7.25. The molecule has 7 heteroatoms. The molecular formula is C21H23N3O4. The molecule has 0 radical (unpaired) electrons. The van der Waals surface area contributed by atoms with Gasteiger partial charge in [0.05, 0.1) is 24.1 Å². The maximum Gasteiger partial charge on any atom is 0.417 e. The molecular weight excluding hydrogens is 358 g/mol. The topological polar surface area (TPSA) is 98.6 Å². The molecule has 2 aromatic carbocycles. The van der Waals surface area contributed by atoms with Gasteiger partial charge in [-0.3, -0.25) is 14.7 Å². The number of rotatable bonds is 6. The highest BCUT2D eigenvalue weighted by atomic mass is 16.4. The molecule has 1 saturated heterocycles. The van der Waals surface area contributed by atoms with Gasteiger partial charge in [-0.15, -0.1) is 0 Å². The van der Waals surface area contributed by atoms with Gasteiger partial charge in [0.1, 0.15) is 0 Å². The van der Waals surface area contributed by atoms with Crippen LogP contribution < -0.4 is 11.1 Å². The maximum atomic E-state index is 12.7. The van der Waals surface area contributed by atoms with Gasteiger partial charge in [0.25, 0.3) is 0 Å². The summed E-state index contributed by atoms with van der Waals surface area (Å²) in [4.78, 5) is 28.8. The highest BCUT2D eigenvalue weighted by molar-refractivity contribution is 5.81. The van der Waals surface area contributed by atoms with E-state index in [2.05, 4.69) is 15.2 Å². The first-order valence-corrected chi connectivity index (χ1v) is 9.43. The number of carbonyl (C=O) groups excluding carboxylic acids is 1. The molecule has 1 aliphatic heterocycles. The molecule has 1 aromatic heterocycles. The van der Waals surface area contributed by atoms with Gasteiger partial charge in [-0.25, -0.2) is 4.79 Å². The van der Waals surface area contributed by atoms with Crippen LogP contribution >= 0.6 is 0 Å². The summed E-state index contributed by atoms with van der Waals surface area (Å²) in [6.07, 6.45) is 0.670. The molecule has 1 fully saturated rings. The molecule has 1 amide bonds. The van der Waals surface area contributed by atoms with E-state index in [9.17, 15) is 14.7 Å². The summed E-state index contributed by atoms with van der Waals surface area (Å²) in [5.74, 6) is -0.604. The number of aliphatic hydroxyl groups is 1. The van der Waals surface area contributed by atoms with E-state index < -0.39 is 5.76 Å². The second-order valence-electron chi connectivity index (χ2n) is 7.25. The number of carbonyl (C=O) groups is 1. The van der Waals surface area contributed by atoms with Crippen molar-refractivity contribution in [3.8, 4) is 0 Å². The van der Waals surface area contributed by atoms with Crippen LogP contribution in [0.1, 0.15) is 23.6 Å². The fraction of sp³-hybridized carbons (Fsp3) is 0.333. The van der Waals surface area contributed by atoms with Crippen LogP contribution in [0.2, 0.25) is 0 Å². The van der Waals surface area contributed by atoms with E-state index >= 15 is 0 Å². The molecule has 2 heterocycles. The lowest BCUT2D eigenvalue weighted by Crippen LogP contribution is -2.38. The number of nitrogens with zero attached hydrogens (tertiary/aromatic N) is 1. The van der Waals surface area contributed by atoms with Crippen LogP contribution in [0.3, 0.4) is 0 Å². The minimum atomic E-state index is -0.506. The quantitative estimate of drug-likeness (QED) is 0.602. The van der Waals surface area contributed by atoms with Gasteiger partial charge in [0.15, 0.2) is 5.58 Å². The third-order valence-electron chi connectivity index (χ3n) is 5.07. The molecule has 28 heavy (non-hydrogen) atoms. The van der Waals surface area contributed by atoms with Crippen LogP contribution in [0.5, 0.6) is 0 Å². The summed E-state index contributed by atoms with van der Waals surface area (Å²) in [7, 11) is 0. The smallest absolute Gasteiger partial charge is 0.408 e. The molecule has 0 spiro atoms. The lowest BCUT2D eigenvalue weighted by Gasteiger charge is -2.25. The number of amides is 1. The third-order valence-corrected chi connectivity index (χ3v) is 5.07. The Labute approximate surface area is 162 Å². The van der Waals surface area contributed by atoms with Crippen molar-refractivity contribution in [3.63, 3.8) is 0 Å². The van der Waals surface area contributed by atoms with Crippen LogP contribution in [-0.2, 0) is 11.2 Å². The summed E-state index contributed by atoms with van der Waals surface area (Å²) in [6, 6.07) is 14.9. The summed E-state index contributed by atoms with van der Waals surface area (Å²) in [5, 5.41) is 12.9. The predicted molar refractivity (Wildman–Crippen MR) is 105 cm³/mol. The van der Waals surface area contributed by atoms with Crippen LogP contribution in [-0.4, -0.2) is 46.6 Å². The Balaban J connectivity index is 1.46. The first-order chi connectivity index (χ1) is 13.6. The van der Waals surface area contributed by atoms with Crippen LogP contribution in [0, 0.1) is 0 Å². The number of benzene rings is 2. The Morgan fingerprint density at radius 1 is 1.29 bits per heavy atom. The molecule has 3 N–H and O–H groups in total. The van der Waals surface area contributed by atoms with Gasteiger partial charge >= 0.3 is 5.76 Å². The Kier molecular flexibility index (Phi) is 5.27. The molecule has 0 unspecified atom stereocenters. The van der Waals surface area contributed by atoms with Crippen molar-refractivity contribution in [2.45, 2.75) is 25.0 Å². The summed E-state index contributed by atoms with van der Waals surface area (Å²) < 4.78 is 5.00. The van der Waals surface area contributed by atoms with Gasteiger partial charge < -0.3 is 14.8 Å². The normalized spacial score (nSPS) is 18.4. The predicted octanol–water partition coefficient (Wildman–Crippen LogP) is 1.59. The fourth-order valence-corrected chi connectivity index (χ4v) is 3.70. The van der Waals surface area contributed by atoms with Crippen molar-refractivity contribution >= 4 is 17.0 Å². The SMILES string of the molecule is O=C(Cc1ccc2oc(=O)[nH]c2c1)N[C@H](CN1CC[C@H](O)C1)c1ccccc1. The highest BCUT2D eigenvalue weighted by Gasteiger charge is 2.24. The number of β-amino-alcohol motifs (C(OH)–C–C–N with tert-alkyl or cyclic N) is 1. The van der Waals surface area contributed by atoms with E-state index in [1.54, 1.807) is 18.2 Å². The molecule has 1 aliphatic rings. The lowest BCUT2D eigenvalue weighted by molar-refractivity contribution is -0.121. The minimum Gasteiger partial charge on any atom is -0.408 e. The number of nitrogens with one attached hydrogen (secondary N) is 2. The number of hydrogen-bond acceptors (Lipinski definition) is 5. The standard InChI is InChI=1S/C21H23N3O4/c25-16-8-9-24(12-16)13-18(15-4-2-1-3-5-15)22-20(26)11-14-6-7-19-17(10-14)23-21(27)28-19/h1-7,10,16,18,25H,8-9,11-13H2,(H,22,26)(H,23,27)/t16-,18+/m0/s1. The van der Waals surface area contributed by atoms with Crippen LogP contribution in [0.15, 0.2) is 57.7 Å². The van der Waals surface area contributed by atoms with Crippen LogP contribution in [0.4, 0.5) is 0 Å². The fourth-order valence-electron chi connectivity index (χ4n) is 3.70. The summed E-state index contributed by atoms with van der Waals surface area (Å²) in [6.45, 7) is 2.11. The number of aromatic amines is 1.